The molecular weight excluding hydrogens is 396 g/mol. The minimum Gasteiger partial charge on any atom is -0.497 e. The van der Waals surface area contributed by atoms with Crippen LogP contribution in [0.4, 0.5) is 16.3 Å². The molecule has 31 heavy (non-hydrogen) atoms. The maximum Gasteiger partial charge on any atom is 0.324 e. The summed E-state index contributed by atoms with van der Waals surface area (Å²) in [6.45, 7) is 6.06. The summed E-state index contributed by atoms with van der Waals surface area (Å²) >= 11 is 0. The topological polar surface area (TPSA) is 110 Å². The van der Waals surface area contributed by atoms with Crippen molar-refractivity contribution in [2.75, 3.05) is 17.7 Å². The fourth-order valence-electron chi connectivity index (χ4n) is 3.59. The molecule has 1 aromatic heterocycles. The molecule has 1 aliphatic carbocycles. The van der Waals surface area contributed by atoms with Gasteiger partial charge in [0.1, 0.15) is 11.6 Å². The number of fused-ring (bicyclic) bond motifs is 1. The van der Waals surface area contributed by atoms with E-state index in [9.17, 15) is 9.59 Å². The number of aliphatic imine (C=N–C) groups is 2. The number of amides is 3. The van der Waals surface area contributed by atoms with Gasteiger partial charge in [0.15, 0.2) is 0 Å². The average molecular weight is 422 g/mol. The number of carbonyl (C=O) groups is 2. The van der Waals surface area contributed by atoms with Crippen LogP contribution in [0.3, 0.4) is 0 Å². The predicted molar refractivity (Wildman–Crippen MR) is 119 cm³/mol. The molecule has 0 saturated heterocycles. The van der Waals surface area contributed by atoms with Crippen LogP contribution in [-0.2, 0) is 10.2 Å². The van der Waals surface area contributed by atoms with Crippen molar-refractivity contribution in [1.82, 2.24) is 9.78 Å². The third kappa shape index (κ3) is 4.35. The zero-order valence-corrected chi connectivity index (χ0v) is 18.1. The zero-order valence-electron chi connectivity index (χ0n) is 18.1. The number of nitrogens with one attached hydrogen (secondary N) is 2. The normalized spacial score (nSPS) is 18.2. The Morgan fingerprint density at radius 3 is 2.58 bits per heavy atom. The monoisotopic (exact) mass is 422 g/mol. The van der Waals surface area contributed by atoms with Gasteiger partial charge < -0.3 is 10.1 Å². The van der Waals surface area contributed by atoms with E-state index in [0.29, 0.717) is 17.3 Å². The molecule has 4 rings (SSSR count). The number of carbonyl (C=O) groups excluding carboxylic acids is 2. The van der Waals surface area contributed by atoms with Gasteiger partial charge in [-0.05, 0) is 43.5 Å². The molecule has 9 heteroatoms. The molecule has 1 fully saturated rings. The lowest BCUT2D eigenvalue weighted by molar-refractivity contribution is -0.119. The Morgan fingerprint density at radius 2 is 1.90 bits per heavy atom. The minimum absolute atomic E-state index is 0.188. The average Bonchev–Trinajstić information content (AvgIpc) is 3.35. The summed E-state index contributed by atoms with van der Waals surface area (Å²) in [5.41, 5.74) is 1.93. The molecule has 0 radical (unpaired) electrons. The Hall–Kier alpha value is -3.49. The number of anilines is 2. The number of hydrogen-bond donors (Lipinski definition) is 2. The molecule has 162 valence electrons. The van der Waals surface area contributed by atoms with Crippen LogP contribution in [0.15, 0.2) is 40.3 Å². The largest absolute Gasteiger partial charge is 0.497 e. The predicted octanol–water partition coefficient (Wildman–Crippen LogP) is 3.82. The van der Waals surface area contributed by atoms with Gasteiger partial charge in [0.25, 0.3) is 11.9 Å². The van der Waals surface area contributed by atoms with Crippen LogP contribution < -0.4 is 15.4 Å². The van der Waals surface area contributed by atoms with Gasteiger partial charge in [-0.3, -0.25) is 10.1 Å². The van der Waals surface area contributed by atoms with Crippen molar-refractivity contribution < 1.29 is 14.3 Å². The number of nitrogens with zero attached hydrogens (tertiary/aromatic N) is 4. The Morgan fingerprint density at radius 1 is 1.16 bits per heavy atom. The summed E-state index contributed by atoms with van der Waals surface area (Å²) < 4.78 is 6.57. The van der Waals surface area contributed by atoms with Crippen molar-refractivity contribution in [3.05, 3.63) is 36.0 Å². The maximum absolute atomic E-state index is 12.6. The number of urea groups is 1. The molecule has 2 aromatic rings. The van der Waals surface area contributed by atoms with E-state index in [-0.39, 0.29) is 23.2 Å². The van der Waals surface area contributed by atoms with Gasteiger partial charge in [-0.1, -0.05) is 20.8 Å². The summed E-state index contributed by atoms with van der Waals surface area (Å²) in [6, 6.07) is 8.34. The minimum atomic E-state index is -0.444. The van der Waals surface area contributed by atoms with E-state index >= 15 is 0 Å². The number of benzene rings is 1. The molecule has 1 aliphatic heterocycles. The van der Waals surface area contributed by atoms with E-state index in [4.69, 9.17) is 4.74 Å². The number of methoxy groups -OCH3 is 1. The van der Waals surface area contributed by atoms with Gasteiger partial charge in [0.2, 0.25) is 0 Å². The Kier molecular flexibility index (Phi) is 5.34. The quantitative estimate of drug-likeness (QED) is 0.783. The first-order valence-electron chi connectivity index (χ1n) is 10.3. The second kappa shape index (κ2) is 7.98. The summed E-state index contributed by atoms with van der Waals surface area (Å²) in [7, 11) is 1.58. The first-order chi connectivity index (χ1) is 14.7. The smallest absolute Gasteiger partial charge is 0.324 e. The van der Waals surface area contributed by atoms with E-state index in [2.05, 4.69) is 25.7 Å². The van der Waals surface area contributed by atoms with Crippen molar-refractivity contribution in [3.63, 3.8) is 0 Å². The molecule has 1 saturated carbocycles. The molecule has 1 unspecified atom stereocenters. The first kappa shape index (κ1) is 20.8. The van der Waals surface area contributed by atoms with Gasteiger partial charge in [-0.25, -0.2) is 9.79 Å². The first-order valence-corrected chi connectivity index (χ1v) is 10.3. The molecule has 0 spiro atoms. The highest BCUT2D eigenvalue weighted by molar-refractivity contribution is 6.17. The van der Waals surface area contributed by atoms with Gasteiger partial charge in [-0.15, -0.1) is 0 Å². The molecule has 1 atom stereocenters. The van der Waals surface area contributed by atoms with Crippen molar-refractivity contribution in [1.29, 1.82) is 0 Å². The lowest BCUT2D eigenvalue weighted by Gasteiger charge is -2.16. The molecule has 1 aromatic carbocycles. The second-order valence-corrected chi connectivity index (χ2v) is 8.68. The fraction of sp³-hybridized carbons (Fsp3) is 0.409. The Labute approximate surface area is 180 Å². The van der Waals surface area contributed by atoms with Crippen LogP contribution in [0, 0.1) is 5.92 Å². The van der Waals surface area contributed by atoms with E-state index in [1.807, 2.05) is 20.8 Å². The van der Waals surface area contributed by atoms with Crippen molar-refractivity contribution >= 4 is 35.1 Å². The standard InChI is InChI=1S/C22H26N6O3/c1-22(2,3)17-12-18(25-21(30)23-13-8-10-14(31-4)11-9-13)28(27-17)20-24-16-7-5-6-15(16)19(29)26-20/h8-12,15H,5-7H2,1-4H3,(H2,23,25,30). The van der Waals surface area contributed by atoms with Crippen LogP contribution in [0.5, 0.6) is 5.75 Å². The third-order valence-electron chi connectivity index (χ3n) is 5.34. The SMILES string of the molecule is COc1ccc(NC(=O)Nc2cc(C(C)(C)C)nn2C2=NC(=O)C3CCCC3=N2)cc1. The summed E-state index contributed by atoms with van der Waals surface area (Å²) in [5.74, 6) is 0.870. The molecular formula is C22H26N6O3. The van der Waals surface area contributed by atoms with Crippen molar-refractivity contribution in [2.45, 2.75) is 45.4 Å². The maximum atomic E-state index is 12.6. The highest BCUT2D eigenvalue weighted by Gasteiger charge is 2.34. The van der Waals surface area contributed by atoms with E-state index in [1.165, 1.54) is 4.68 Å². The lowest BCUT2D eigenvalue weighted by atomic mass is 9.92. The Balaban J connectivity index is 1.61. The number of aromatic nitrogens is 2. The van der Waals surface area contributed by atoms with Gasteiger partial charge in [0, 0.05) is 22.9 Å². The van der Waals surface area contributed by atoms with E-state index in [1.54, 1.807) is 37.4 Å². The lowest BCUT2D eigenvalue weighted by Crippen LogP contribution is -2.29. The molecule has 9 nitrogen and oxygen atoms in total. The molecule has 3 amide bonds. The molecule has 2 heterocycles. The van der Waals surface area contributed by atoms with Gasteiger partial charge in [0.05, 0.1) is 18.7 Å². The third-order valence-corrected chi connectivity index (χ3v) is 5.34. The van der Waals surface area contributed by atoms with Gasteiger partial charge in [-0.2, -0.15) is 14.8 Å². The van der Waals surface area contributed by atoms with Crippen LogP contribution in [0.25, 0.3) is 0 Å². The van der Waals surface area contributed by atoms with Crippen molar-refractivity contribution in [2.24, 2.45) is 15.9 Å². The van der Waals surface area contributed by atoms with Crippen molar-refractivity contribution in [3.8, 4) is 5.75 Å². The summed E-state index contributed by atoms with van der Waals surface area (Å²) in [6.07, 6.45) is 2.50. The highest BCUT2D eigenvalue weighted by atomic mass is 16.5. The fourth-order valence-corrected chi connectivity index (χ4v) is 3.59. The molecule has 2 aliphatic rings. The summed E-state index contributed by atoms with van der Waals surface area (Å²) in [4.78, 5) is 33.9. The van der Waals surface area contributed by atoms with E-state index in [0.717, 1.165) is 30.7 Å². The second-order valence-electron chi connectivity index (χ2n) is 8.68. The van der Waals surface area contributed by atoms with Crippen LogP contribution >= 0.6 is 0 Å². The van der Waals surface area contributed by atoms with Gasteiger partial charge >= 0.3 is 6.03 Å². The highest BCUT2D eigenvalue weighted by Crippen LogP contribution is 2.29. The number of rotatable bonds is 3. The summed E-state index contributed by atoms with van der Waals surface area (Å²) in [5, 5.41) is 10.2. The Bertz CT molecular complexity index is 1080. The van der Waals surface area contributed by atoms with Crippen LogP contribution in [0.1, 0.15) is 45.7 Å². The molecule has 0 bridgehead atoms. The molecule has 2 N–H and O–H groups in total. The number of hydrogen-bond acceptors (Lipinski definition) is 5. The zero-order chi connectivity index (χ0) is 22.2. The van der Waals surface area contributed by atoms with Crippen LogP contribution in [0.2, 0.25) is 0 Å². The number of ether oxygens (including phenoxy) is 1. The van der Waals surface area contributed by atoms with E-state index < -0.39 is 6.03 Å². The van der Waals surface area contributed by atoms with Crippen LogP contribution in [-0.4, -0.2) is 40.5 Å².